The number of hydrogen-bond acceptors (Lipinski definition) is 7. The number of carbonyl (C=O) groups excluding carboxylic acids is 1. The van der Waals surface area contributed by atoms with Crippen molar-refractivity contribution >= 4 is 11.7 Å². The largest absolute Gasteiger partial charge is 0.355 e. The van der Waals surface area contributed by atoms with Crippen LogP contribution in [0.25, 0.3) is 11.4 Å². The number of piperidine rings is 1. The van der Waals surface area contributed by atoms with Gasteiger partial charge < -0.3 is 16.0 Å². The Labute approximate surface area is 175 Å². The summed E-state index contributed by atoms with van der Waals surface area (Å²) in [5.74, 6) is 1.97. The molecule has 0 spiro atoms. The van der Waals surface area contributed by atoms with Crippen LogP contribution in [-0.4, -0.2) is 50.0 Å². The standard InChI is InChI=1S/C21H26N8O/c1-15(22)21-25-20(16-6-3-2-4-7-16)27-29(21)14-19(30)24-17-9-12-28(13-10-17)18-8-5-11-23-26-18/h2-8,11,15,17H,9-10,12-14,22H2,1H3,(H,24,30). The summed E-state index contributed by atoms with van der Waals surface area (Å²) in [6.45, 7) is 3.60. The molecule has 3 N–H and O–H groups in total. The molecule has 1 atom stereocenters. The van der Waals surface area contributed by atoms with Crippen LogP contribution < -0.4 is 16.0 Å². The molecule has 3 heterocycles. The van der Waals surface area contributed by atoms with Gasteiger partial charge in [-0.1, -0.05) is 30.3 Å². The summed E-state index contributed by atoms with van der Waals surface area (Å²) in [4.78, 5) is 19.4. The van der Waals surface area contributed by atoms with E-state index in [1.807, 2.05) is 49.4 Å². The van der Waals surface area contributed by atoms with Crippen molar-refractivity contribution in [1.82, 2.24) is 30.3 Å². The summed E-state index contributed by atoms with van der Waals surface area (Å²) in [7, 11) is 0. The van der Waals surface area contributed by atoms with Gasteiger partial charge in [-0.15, -0.1) is 5.10 Å². The molecule has 1 aliphatic heterocycles. The van der Waals surface area contributed by atoms with Gasteiger partial charge in [0.05, 0.1) is 6.04 Å². The van der Waals surface area contributed by atoms with Crippen molar-refractivity contribution in [2.75, 3.05) is 18.0 Å². The topological polar surface area (TPSA) is 115 Å². The van der Waals surface area contributed by atoms with Gasteiger partial charge >= 0.3 is 0 Å². The maximum atomic E-state index is 12.7. The highest BCUT2D eigenvalue weighted by atomic mass is 16.2. The molecular formula is C21H26N8O. The Morgan fingerprint density at radius 2 is 1.97 bits per heavy atom. The molecule has 1 aromatic carbocycles. The van der Waals surface area contributed by atoms with Crippen LogP contribution >= 0.6 is 0 Å². The maximum absolute atomic E-state index is 12.7. The SMILES string of the molecule is CC(N)c1nc(-c2ccccc2)nn1CC(=O)NC1CCN(c2cccnn2)CC1. The fraction of sp³-hybridized carbons (Fsp3) is 0.381. The van der Waals surface area contributed by atoms with E-state index in [0.29, 0.717) is 11.6 Å². The molecule has 9 heteroatoms. The van der Waals surface area contributed by atoms with Crippen LogP contribution in [0.15, 0.2) is 48.7 Å². The highest BCUT2D eigenvalue weighted by molar-refractivity contribution is 5.76. The van der Waals surface area contributed by atoms with Crippen LogP contribution in [0.5, 0.6) is 0 Å². The van der Waals surface area contributed by atoms with Crippen LogP contribution in [0.3, 0.4) is 0 Å². The summed E-state index contributed by atoms with van der Waals surface area (Å²) < 4.78 is 1.61. The zero-order valence-corrected chi connectivity index (χ0v) is 17.0. The first-order chi connectivity index (χ1) is 14.6. The number of nitrogens with one attached hydrogen (secondary N) is 1. The fourth-order valence-electron chi connectivity index (χ4n) is 3.64. The quantitative estimate of drug-likeness (QED) is 0.638. The minimum Gasteiger partial charge on any atom is -0.355 e. The first kappa shape index (κ1) is 20.0. The third-order valence-electron chi connectivity index (χ3n) is 5.18. The Morgan fingerprint density at radius 1 is 1.20 bits per heavy atom. The number of carbonyl (C=O) groups is 1. The molecule has 3 aromatic rings. The molecule has 0 radical (unpaired) electrons. The average Bonchev–Trinajstić information content (AvgIpc) is 3.19. The molecule has 1 fully saturated rings. The summed E-state index contributed by atoms with van der Waals surface area (Å²) in [5, 5.41) is 15.7. The van der Waals surface area contributed by atoms with Crippen molar-refractivity contribution in [3.8, 4) is 11.4 Å². The van der Waals surface area contributed by atoms with E-state index in [0.717, 1.165) is 37.3 Å². The van der Waals surface area contributed by atoms with E-state index < -0.39 is 0 Å². The van der Waals surface area contributed by atoms with Crippen molar-refractivity contribution in [3.05, 3.63) is 54.5 Å². The lowest BCUT2D eigenvalue weighted by molar-refractivity contribution is -0.122. The number of hydrogen-bond donors (Lipinski definition) is 2. The van der Waals surface area contributed by atoms with E-state index in [4.69, 9.17) is 5.73 Å². The number of nitrogens with two attached hydrogens (primary N) is 1. The van der Waals surface area contributed by atoms with Crippen LogP contribution in [0.2, 0.25) is 0 Å². The normalized spacial score (nSPS) is 15.7. The molecule has 0 bridgehead atoms. The third-order valence-corrected chi connectivity index (χ3v) is 5.18. The van der Waals surface area contributed by atoms with E-state index in [1.54, 1.807) is 10.9 Å². The lowest BCUT2D eigenvalue weighted by Crippen LogP contribution is -2.46. The summed E-state index contributed by atoms with van der Waals surface area (Å²) >= 11 is 0. The number of amides is 1. The van der Waals surface area contributed by atoms with Crippen LogP contribution in [0.1, 0.15) is 31.6 Å². The maximum Gasteiger partial charge on any atom is 0.242 e. The summed E-state index contributed by atoms with van der Waals surface area (Å²) in [5.41, 5.74) is 6.96. The molecule has 4 rings (SSSR count). The Bertz CT molecular complexity index is 965. The highest BCUT2D eigenvalue weighted by Crippen LogP contribution is 2.19. The molecule has 2 aromatic heterocycles. The van der Waals surface area contributed by atoms with Crippen molar-refractivity contribution in [2.45, 2.75) is 38.4 Å². The predicted molar refractivity (Wildman–Crippen MR) is 113 cm³/mol. The number of aromatic nitrogens is 5. The van der Waals surface area contributed by atoms with Crippen molar-refractivity contribution in [2.24, 2.45) is 5.73 Å². The zero-order valence-electron chi connectivity index (χ0n) is 17.0. The first-order valence-electron chi connectivity index (χ1n) is 10.2. The van der Waals surface area contributed by atoms with Crippen LogP contribution in [-0.2, 0) is 11.3 Å². The van der Waals surface area contributed by atoms with E-state index in [9.17, 15) is 4.79 Å². The smallest absolute Gasteiger partial charge is 0.242 e. The second kappa shape index (κ2) is 9.00. The Balaban J connectivity index is 1.37. The monoisotopic (exact) mass is 406 g/mol. The van der Waals surface area contributed by atoms with Gasteiger partial charge in [0.15, 0.2) is 11.6 Å². The van der Waals surface area contributed by atoms with E-state index >= 15 is 0 Å². The van der Waals surface area contributed by atoms with Crippen molar-refractivity contribution < 1.29 is 4.79 Å². The summed E-state index contributed by atoms with van der Waals surface area (Å²) in [6.07, 6.45) is 3.38. The minimum absolute atomic E-state index is 0.0839. The van der Waals surface area contributed by atoms with Gasteiger partial charge in [0.25, 0.3) is 0 Å². The van der Waals surface area contributed by atoms with Crippen molar-refractivity contribution in [3.63, 3.8) is 0 Å². The number of anilines is 1. The van der Waals surface area contributed by atoms with Gasteiger partial charge in [0.1, 0.15) is 12.4 Å². The molecule has 30 heavy (non-hydrogen) atoms. The van der Waals surface area contributed by atoms with Gasteiger partial charge in [-0.3, -0.25) is 4.79 Å². The predicted octanol–water partition coefficient (Wildman–Crippen LogP) is 1.54. The van der Waals surface area contributed by atoms with E-state index in [1.165, 1.54) is 0 Å². The van der Waals surface area contributed by atoms with Gasteiger partial charge in [-0.25, -0.2) is 9.67 Å². The molecule has 156 valence electrons. The summed E-state index contributed by atoms with van der Waals surface area (Å²) in [6, 6.07) is 13.3. The number of benzene rings is 1. The van der Waals surface area contributed by atoms with Gasteiger partial charge in [-0.2, -0.15) is 10.2 Å². The minimum atomic E-state index is -0.321. The zero-order chi connectivity index (χ0) is 20.9. The number of nitrogens with zero attached hydrogens (tertiary/aromatic N) is 6. The molecule has 1 amide bonds. The molecule has 0 saturated carbocycles. The van der Waals surface area contributed by atoms with E-state index in [2.05, 4.69) is 30.5 Å². The Hall–Kier alpha value is -3.33. The lowest BCUT2D eigenvalue weighted by atomic mass is 10.1. The second-order valence-electron chi connectivity index (χ2n) is 7.52. The number of rotatable bonds is 6. The van der Waals surface area contributed by atoms with E-state index in [-0.39, 0.29) is 24.5 Å². The Morgan fingerprint density at radius 3 is 2.63 bits per heavy atom. The Kier molecular flexibility index (Phi) is 5.99. The third kappa shape index (κ3) is 4.62. The second-order valence-corrected chi connectivity index (χ2v) is 7.52. The molecule has 1 saturated heterocycles. The molecular weight excluding hydrogens is 380 g/mol. The molecule has 1 unspecified atom stereocenters. The van der Waals surface area contributed by atoms with Crippen molar-refractivity contribution in [1.29, 1.82) is 0 Å². The molecule has 0 aliphatic carbocycles. The van der Waals surface area contributed by atoms with Gasteiger partial charge in [0, 0.05) is 30.9 Å². The molecule has 9 nitrogen and oxygen atoms in total. The first-order valence-corrected chi connectivity index (χ1v) is 10.2. The average molecular weight is 406 g/mol. The molecule has 1 aliphatic rings. The van der Waals surface area contributed by atoms with Gasteiger partial charge in [-0.05, 0) is 31.9 Å². The lowest BCUT2D eigenvalue weighted by Gasteiger charge is -2.32. The van der Waals surface area contributed by atoms with Gasteiger partial charge in [0.2, 0.25) is 5.91 Å². The highest BCUT2D eigenvalue weighted by Gasteiger charge is 2.23. The fourth-order valence-corrected chi connectivity index (χ4v) is 3.64. The van der Waals surface area contributed by atoms with Crippen LogP contribution in [0.4, 0.5) is 5.82 Å². The van der Waals surface area contributed by atoms with Crippen LogP contribution in [0, 0.1) is 0 Å².